The Morgan fingerprint density at radius 3 is 2.55 bits per heavy atom. The molecule has 110 valence electrons. The fourth-order valence-corrected chi connectivity index (χ4v) is 2.48. The second kappa shape index (κ2) is 6.22. The van der Waals surface area contributed by atoms with E-state index in [4.69, 9.17) is 0 Å². The van der Waals surface area contributed by atoms with Crippen molar-refractivity contribution in [2.45, 2.75) is 26.3 Å². The zero-order valence-electron chi connectivity index (χ0n) is 12.0. The lowest BCUT2D eigenvalue weighted by atomic mass is 10.1. The molecule has 0 aliphatic carbocycles. The molecule has 0 radical (unpaired) electrons. The van der Waals surface area contributed by atoms with Gasteiger partial charge in [-0.3, -0.25) is 9.69 Å². The number of carbonyl (C=O) groups excluding carboxylic acids is 1. The molecule has 1 heterocycles. The Bertz CT molecular complexity index is 485. The van der Waals surface area contributed by atoms with Gasteiger partial charge in [-0.1, -0.05) is 6.92 Å². The minimum Gasteiger partial charge on any atom is -0.507 e. The molecule has 1 aromatic carbocycles. The van der Waals surface area contributed by atoms with Crippen molar-refractivity contribution in [2.24, 2.45) is 0 Å². The number of phenolic OH excluding ortho intramolecular Hbond substituents is 1. The highest BCUT2D eigenvalue weighted by molar-refractivity contribution is 5.96. The Balaban J connectivity index is 2.01. The first-order valence-corrected chi connectivity index (χ1v) is 7.04. The summed E-state index contributed by atoms with van der Waals surface area (Å²) >= 11 is 0. The van der Waals surface area contributed by atoms with Crippen LogP contribution in [0.15, 0.2) is 18.2 Å². The molecular weight excluding hydrogens is 259 g/mol. The number of piperazine rings is 1. The molecule has 20 heavy (non-hydrogen) atoms. The smallest absolute Gasteiger partial charge is 0.257 e. The van der Waals surface area contributed by atoms with E-state index in [0.717, 1.165) is 25.6 Å². The normalized spacial score (nSPS) is 18.1. The molecule has 1 aromatic rings. The quantitative estimate of drug-likeness (QED) is 0.922. The first kappa shape index (κ1) is 14.8. The van der Waals surface area contributed by atoms with E-state index >= 15 is 0 Å². The number of aromatic hydroxyl groups is 1. The summed E-state index contributed by atoms with van der Waals surface area (Å²) in [6, 6.07) is 4.03. The number of amides is 1. The first-order valence-electron chi connectivity index (χ1n) is 7.04. The van der Waals surface area contributed by atoms with Gasteiger partial charge in [-0.25, -0.2) is 4.39 Å². The van der Waals surface area contributed by atoms with E-state index in [9.17, 15) is 14.3 Å². The Hall–Kier alpha value is -1.62. The number of halogens is 1. The maximum absolute atomic E-state index is 12.9. The molecule has 5 heteroatoms. The number of phenols is 1. The van der Waals surface area contributed by atoms with Crippen LogP contribution in [0.2, 0.25) is 0 Å². The van der Waals surface area contributed by atoms with E-state index in [1.807, 2.05) is 0 Å². The second-order valence-corrected chi connectivity index (χ2v) is 5.25. The molecule has 0 saturated carbocycles. The second-order valence-electron chi connectivity index (χ2n) is 5.25. The van der Waals surface area contributed by atoms with Crippen LogP contribution in [0.3, 0.4) is 0 Å². The highest BCUT2D eigenvalue weighted by atomic mass is 19.1. The highest BCUT2D eigenvalue weighted by Crippen LogP contribution is 2.21. The highest BCUT2D eigenvalue weighted by Gasteiger charge is 2.25. The lowest BCUT2D eigenvalue weighted by Crippen LogP contribution is -2.51. The van der Waals surface area contributed by atoms with Crippen LogP contribution >= 0.6 is 0 Å². The minimum absolute atomic E-state index is 0.170. The van der Waals surface area contributed by atoms with Gasteiger partial charge in [0.2, 0.25) is 0 Å². The van der Waals surface area contributed by atoms with E-state index in [2.05, 4.69) is 18.7 Å². The molecule has 0 aromatic heterocycles. The van der Waals surface area contributed by atoms with E-state index in [0.29, 0.717) is 19.1 Å². The molecule has 1 aliphatic rings. The van der Waals surface area contributed by atoms with Gasteiger partial charge in [-0.15, -0.1) is 0 Å². The van der Waals surface area contributed by atoms with E-state index < -0.39 is 5.82 Å². The average Bonchev–Trinajstić information content (AvgIpc) is 2.46. The molecule has 1 saturated heterocycles. The lowest BCUT2D eigenvalue weighted by molar-refractivity contribution is 0.0577. The van der Waals surface area contributed by atoms with Gasteiger partial charge in [-0.05, 0) is 25.5 Å². The molecule has 0 bridgehead atoms. The van der Waals surface area contributed by atoms with Gasteiger partial charge in [-0.2, -0.15) is 0 Å². The maximum Gasteiger partial charge on any atom is 0.257 e. The summed E-state index contributed by atoms with van der Waals surface area (Å²) in [5.41, 5.74) is 0.170. The van der Waals surface area contributed by atoms with Crippen LogP contribution < -0.4 is 0 Å². The van der Waals surface area contributed by atoms with Gasteiger partial charge in [0.1, 0.15) is 11.6 Å². The summed E-state index contributed by atoms with van der Waals surface area (Å²) in [6.07, 6.45) is 1.09. The van der Waals surface area contributed by atoms with Crippen molar-refractivity contribution >= 4 is 5.91 Å². The first-order chi connectivity index (χ1) is 9.52. The maximum atomic E-state index is 12.9. The van der Waals surface area contributed by atoms with Crippen molar-refractivity contribution in [1.29, 1.82) is 0 Å². The Labute approximate surface area is 118 Å². The van der Waals surface area contributed by atoms with Gasteiger partial charge in [0.05, 0.1) is 5.56 Å². The average molecular weight is 280 g/mol. The third kappa shape index (κ3) is 3.10. The van der Waals surface area contributed by atoms with Crippen LogP contribution in [0.1, 0.15) is 30.6 Å². The number of hydrogen-bond acceptors (Lipinski definition) is 3. The molecule has 4 nitrogen and oxygen atoms in total. The van der Waals surface area contributed by atoms with Crippen molar-refractivity contribution in [3.8, 4) is 5.75 Å². The Kier molecular flexibility index (Phi) is 4.60. The molecule has 1 fully saturated rings. The fraction of sp³-hybridized carbons (Fsp3) is 0.533. The number of hydrogen-bond donors (Lipinski definition) is 1. The summed E-state index contributed by atoms with van der Waals surface area (Å²) in [4.78, 5) is 16.4. The van der Waals surface area contributed by atoms with Crippen molar-refractivity contribution in [2.75, 3.05) is 26.2 Å². The van der Waals surface area contributed by atoms with Crippen LogP contribution in [0.25, 0.3) is 0 Å². The van der Waals surface area contributed by atoms with Crippen LogP contribution in [-0.4, -0.2) is 53.0 Å². The van der Waals surface area contributed by atoms with Crippen molar-refractivity contribution in [3.05, 3.63) is 29.6 Å². The molecule has 0 spiro atoms. The topological polar surface area (TPSA) is 43.8 Å². The fourth-order valence-electron chi connectivity index (χ4n) is 2.48. The molecule has 1 aliphatic heterocycles. The standard InChI is InChI=1S/C15H21FN2O2/c1-3-11(2)17-6-8-18(9-7-17)15(20)13-5-4-12(16)10-14(13)19/h4-5,10-11,19H,3,6-9H2,1-2H3. The number of benzene rings is 1. The number of rotatable bonds is 3. The number of nitrogens with zero attached hydrogens (tertiary/aromatic N) is 2. The van der Waals surface area contributed by atoms with Crippen LogP contribution in [0, 0.1) is 5.82 Å². The van der Waals surface area contributed by atoms with E-state index in [-0.39, 0.29) is 17.2 Å². The van der Waals surface area contributed by atoms with E-state index in [1.54, 1.807) is 4.90 Å². The molecule has 1 N–H and O–H groups in total. The zero-order chi connectivity index (χ0) is 14.7. The lowest BCUT2D eigenvalue weighted by Gasteiger charge is -2.37. The van der Waals surface area contributed by atoms with Crippen molar-refractivity contribution in [1.82, 2.24) is 9.80 Å². The van der Waals surface area contributed by atoms with Gasteiger partial charge >= 0.3 is 0 Å². The number of carbonyl (C=O) groups is 1. The van der Waals surface area contributed by atoms with Crippen molar-refractivity contribution in [3.63, 3.8) is 0 Å². The van der Waals surface area contributed by atoms with Crippen LogP contribution in [0.5, 0.6) is 5.75 Å². The monoisotopic (exact) mass is 280 g/mol. The zero-order valence-corrected chi connectivity index (χ0v) is 12.0. The summed E-state index contributed by atoms with van der Waals surface area (Å²) in [7, 11) is 0. The Morgan fingerprint density at radius 2 is 2.00 bits per heavy atom. The van der Waals surface area contributed by atoms with E-state index in [1.165, 1.54) is 12.1 Å². The van der Waals surface area contributed by atoms with Crippen LogP contribution in [0.4, 0.5) is 4.39 Å². The third-order valence-electron chi connectivity index (χ3n) is 4.01. The van der Waals surface area contributed by atoms with Gasteiger partial charge in [0.25, 0.3) is 5.91 Å². The molecular formula is C15H21FN2O2. The van der Waals surface area contributed by atoms with Gasteiger partial charge in [0, 0.05) is 38.3 Å². The Morgan fingerprint density at radius 1 is 1.35 bits per heavy atom. The minimum atomic E-state index is -0.541. The molecule has 2 rings (SSSR count). The summed E-state index contributed by atoms with van der Waals surface area (Å²) in [5.74, 6) is -1.06. The molecule has 1 amide bonds. The van der Waals surface area contributed by atoms with Gasteiger partial charge < -0.3 is 10.0 Å². The SMILES string of the molecule is CCC(C)N1CCN(C(=O)c2ccc(F)cc2O)CC1. The van der Waals surface area contributed by atoms with Crippen molar-refractivity contribution < 1.29 is 14.3 Å². The largest absolute Gasteiger partial charge is 0.507 e. The molecule has 1 unspecified atom stereocenters. The summed E-state index contributed by atoms with van der Waals surface area (Å²) in [5, 5.41) is 9.67. The predicted octanol–water partition coefficient (Wildman–Crippen LogP) is 2.09. The predicted molar refractivity (Wildman–Crippen MR) is 75.3 cm³/mol. The van der Waals surface area contributed by atoms with Crippen LogP contribution in [-0.2, 0) is 0 Å². The van der Waals surface area contributed by atoms with Gasteiger partial charge in [0.15, 0.2) is 0 Å². The molecule has 1 atom stereocenters. The summed E-state index contributed by atoms with van der Waals surface area (Å²) in [6.45, 7) is 7.29. The summed E-state index contributed by atoms with van der Waals surface area (Å²) < 4.78 is 12.9. The third-order valence-corrected chi connectivity index (χ3v) is 4.01.